The van der Waals surface area contributed by atoms with Crippen molar-refractivity contribution in [2.75, 3.05) is 7.11 Å². The van der Waals surface area contributed by atoms with Crippen LogP contribution < -0.4 is 0 Å². The van der Waals surface area contributed by atoms with Gasteiger partial charge in [-0.15, -0.1) is 0 Å². The van der Waals surface area contributed by atoms with E-state index in [0.29, 0.717) is 0 Å². The summed E-state index contributed by atoms with van der Waals surface area (Å²) < 4.78 is 5.65. The lowest BCUT2D eigenvalue weighted by Crippen LogP contribution is -2.11. The third kappa shape index (κ3) is 3.24. The molecule has 0 radical (unpaired) electrons. The topological polar surface area (TPSA) is 9.23 Å². The Bertz CT molecular complexity index is 506. The van der Waals surface area contributed by atoms with E-state index in [2.05, 4.69) is 57.2 Å². The highest BCUT2D eigenvalue weighted by atomic mass is 16.5. The first kappa shape index (κ1) is 13.8. The molecule has 0 saturated carbocycles. The molecule has 0 aliphatic rings. The molecular weight excluding hydrogens is 232 g/mol. The summed E-state index contributed by atoms with van der Waals surface area (Å²) in [5.41, 5.74) is 3.92. The van der Waals surface area contributed by atoms with Crippen molar-refractivity contribution in [2.24, 2.45) is 0 Å². The molecule has 0 amide bonds. The summed E-state index contributed by atoms with van der Waals surface area (Å²) in [7, 11) is 1.76. The average Bonchev–Trinajstić information content (AvgIpc) is 2.40. The van der Waals surface area contributed by atoms with Gasteiger partial charge in [-0.25, -0.2) is 0 Å². The van der Waals surface area contributed by atoms with Gasteiger partial charge in [-0.1, -0.05) is 75.4 Å². The highest BCUT2D eigenvalue weighted by Crippen LogP contribution is 2.28. The largest absolute Gasteiger partial charge is 0.372 e. The van der Waals surface area contributed by atoms with Gasteiger partial charge in [-0.05, 0) is 22.1 Å². The smallest absolute Gasteiger partial charge is 0.107 e. The SMILES string of the molecule is COC(c1ccccc1)c1ccc(C(C)(C)C)cc1. The molecule has 1 unspecified atom stereocenters. The van der Waals surface area contributed by atoms with Crippen molar-refractivity contribution in [1.82, 2.24) is 0 Å². The minimum absolute atomic E-state index is 0.00946. The summed E-state index contributed by atoms with van der Waals surface area (Å²) in [5.74, 6) is 0. The predicted octanol–water partition coefficient (Wildman–Crippen LogP) is 4.72. The maximum Gasteiger partial charge on any atom is 0.107 e. The Morgan fingerprint density at radius 3 is 1.79 bits per heavy atom. The lowest BCUT2D eigenvalue weighted by atomic mass is 9.86. The second kappa shape index (κ2) is 5.58. The van der Waals surface area contributed by atoms with E-state index in [1.165, 1.54) is 16.7 Å². The van der Waals surface area contributed by atoms with Crippen LogP contribution in [0.25, 0.3) is 0 Å². The molecule has 0 heterocycles. The zero-order chi connectivity index (χ0) is 13.9. The van der Waals surface area contributed by atoms with E-state index in [4.69, 9.17) is 4.74 Å². The van der Waals surface area contributed by atoms with Crippen molar-refractivity contribution in [2.45, 2.75) is 32.3 Å². The molecule has 0 aromatic heterocycles. The number of hydrogen-bond donors (Lipinski definition) is 0. The van der Waals surface area contributed by atoms with Gasteiger partial charge in [0.15, 0.2) is 0 Å². The zero-order valence-corrected chi connectivity index (χ0v) is 12.2. The summed E-state index contributed by atoms with van der Waals surface area (Å²) in [4.78, 5) is 0. The lowest BCUT2D eigenvalue weighted by Gasteiger charge is -2.21. The molecule has 0 N–H and O–H groups in total. The molecule has 1 heteroatoms. The van der Waals surface area contributed by atoms with Crippen LogP contribution in [0.2, 0.25) is 0 Å². The van der Waals surface area contributed by atoms with Crippen LogP contribution in [0.4, 0.5) is 0 Å². The molecule has 1 nitrogen and oxygen atoms in total. The third-order valence-corrected chi connectivity index (χ3v) is 3.42. The van der Waals surface area contributed by atoms with Gasteiger partial charge in [-0.2, -0.15) is 0 Å². The van der Waals surface area contributed by atoms with E-state index >= 15 is 0 Å². The minimum atomic E-state index is 0.00946. The first-order valence-corrected chi connectivity index (χ1v) is 6.70. The van der Waals surface area contributed by atoms with E-state index in [-0.39, 0.29) is 11.5 Å². The van der Waals surface area contributed by atoms with Crippen LogP contribution in [-0.2, 0) is 10.2 Å². The Balaban J connectivity index is 2.30. The van der Waals surface area contributed by atoms with E-state index in [1.807, 2.05) is 18.2 Å². The molecule has 0 fully saturated rings. The van der Waals surface area contributed by atoms with Crippen molar-refractivity contribution < 1.29 is 4.74 Å². The van der Waals surface area contributed by atoms with Gasteiger partial charge >= 0.3 is 0 Å². The van der Waals surface area contributed by atoms with Gasteiger partial charge in [0.25, 0.3) is 0 Å². The second-order valence-corrected chi connectivity index (χ2v) is 5.90. The van der Waals surface area contributed by atoms with Gasteiger partial charge < -0.3 is 4.74 Å². The highest BCUT2D eigenvalue weighted by molar-refractivity contribution is 5.34. The van der Waals surface area contributed by atoms with Crippen molar-refractivity contribution in [3.63, 3.8) is 0 Å². The molecule has 0 aliphatic carbocycles. The summed E-state index contributed by atoms with van der Waals surface area (Å²) in [6.07, 6.45) is 0.00946. The Hall–Kier alpha value is -1.60. The second-order valence-electron chi connectivity index (χ2n) is 5.90. The third-order valence-electron chi connectivity index (χ3n) is 3.42. The van der Waals surface area contributed by atoms with Gasteiger partial charge in [0.05, 0.1) is 0 Å². The molecule has 2 aromatic rings. The van der Waals surface area contributed by atoms with Crippen LogP contribution in [0, 0.1) is 0 Å². The van der Waals surface area contributed by atoms with Crippen LogP contribution in [0.5, 0.6) is 0 Å². The lowest BCUT2D eigenvalue weighted by molar-refractivity contribution is 0.136. The molecule has 2 aromatic carbocycles. The number of hydrogen-bond acceptors (Lipinski definition) is 1. The van der Waals surface area contributed by atoms with Crippen LogP contribution in [0.3, 0.4) is 0 Å². The van der Waals surface area contributed by atoms with E-state index in [0.717, 1.165) is 0 Å². The Kier molecular flexibility index (Phi) is 4.06. The fourth-order valence-electron chi connectivity index (χ4n) is 2.25. The number of benzene rings is 2. The van der Waals surface area contributed by atoms with E-state index in [9.17, 15) is 0 Å². The Morgan fingerprint density at radius 2 is 1.32 bits per heavy atom. The first-order valence-electron chi connectivity index (χ1n) is 6.70. The van der Waals surface area contributed by atoms with Crippen LogP contribution in [0.1, 0.15) is 43.6 Å². The van der Waals surface area contributed by atoms with Crippen molar-refractivity contribution in [1.29, 1.82) is 0 Å². The molecule has 100 valence electrons. The Labute approximate surface area is 116 Å². The number of methoxy groups -OCH3 is 1. The summed E-state index contributed by atoms with van der Waals surface area (Å²) in [5, 5.41) is 0. The monoisotopic (exact) mass is 254 g/mol. The zero-order valence-electron chi connectivity index (χ0n) is 12.2. The molecule has 19 heavy (non-hydrogen) atoms. The number of rotatable bonds is 3. The molecule has 2 rings (SSSR count). The highest BCUT2D eigenvalue weighted by Gasteiger charge is 2.16. The molecule has 0 aliphatic heterocycles. The fourth-order valence-corrected chi connectivity index (χ4v) is 2.25. The molecule has 0 spiro atoms. The van der Waals surface area contributed by atoms with Crippen LogP contribution in [0.15, 0.2) is 54.6 Å². The maximum atomic E-state index is 5.65. The molecular formula is C18H22O. The summed E-state index contributed by atoms with van der Waals surface area (Å²) in [6, 6.07) is 19.1. The molecule has 0 saturated heterocycles. The summed E-state index contributed by atoms with van der Waals surface area (Å²) in [6.45, 7) is 6.69. The fraction of sp³-hybridized carbons (Fsp3) is 0.333. The van der Waals surface area contributed by atoms with E-state index in [1.54, 1.807) is 7.11 Å². The molecule has 1 atom stereocenters. The van der Waals surface area contributed by atoms with Crippen LogP contribution in [-0.4, -0.2) is 7.11 Å². The number of ether oxygens (including phenoxy) is 1. The van der Waals surface area contributed by atoms with Crippen LogP contribution >= 0.6 is 0 Å². The average molecular weight is 254 g/mol. The van der Waals surface area contributed by atoms with Gasteiger partial charge in [0.2, 0.25) is 0 Å². The molecule has 0 bridgehead atoms. The van der Waals surface area contributed by atoms with Gasteiger partial charge in [0, 0.05) is 7.11 Å². The van der Waals surface area contributed by atoms with Gasteiger partial charge in [0.1, 0.15) is 6.10 Å². The maximum absolute atomic E-state index is 5.65. The predicted molar refractivity (Wildman–Crippen MR) is 80.4 cm³/mol. The van der Waals surface area contributed by atoms with Gasteiger partial charge in [-0.3, -0.25) is 0 Å². The standard InChI is InChI=1S/C18H22O/c1-18(2,3)16-12-10-15(11-13-16)17(19-4)14-8-6-5-7-9-14/h5-13,17H,1-4H3. The van der Waals surface area contributed by atoms with Crippen molar-refractivity contribution in [3.05, 3.63) is 71.3 Å². The van der Waals surface area contributed by atoms with E-state index < -0.39 is 0 Å². The normalized spacial score (nSPS) is 13.3. The quantitative estimate of drug-likeness (QED) is 0.770. The van der Waals surface area contributed by atoms with Crippen molar-refractivity contribution >= 4 is 0 Å². The minimum Gasteiger partial charge on any atom is -0.372 e. The Morgan fingerprint density at radius 1 is 0.789 bits per heavy atom. The summed E-state index contributed by atoms with van der Waals surface area (Å²) >= 11 is 0. The first-order chi connectivity index (χ1) is 9.02. The van der Waals surface area contributed by atoms with Crippen molar-refractivity contribution in [3.8, 4) is 0 Å².